The highest BCUT2D eigenvalue weighted by Crippen LogP contribution is 2.13. The summed E-state index contributed by atoms with van der Waals surface area (Å²) in [6, 6.07) is 4.48. The van der Waals surface area contributed by atoms with Crippen LogP contribution in [0, 0.1) is 0 Å². The molecule has 1 aliphatic rings. The van der Waals surface area contributed by atoms with Crippen molar-refractivity contribution in [1.82, 2.24) is 15.2 Å². The van der Waals surface area contributed by atoms with Crippen LogP contribution in [0.25, 0.3) is 0 Å². The van der Waals surface area contributed by atoms with E-state index in [1.54, 1.807) is 12.4 Å². The second-order valence-corrected chi connectivity index (χ2v) is 5.10. The Morgan fingerprint density at radius 2 is 2.26 bits per heavy atom. The van der Waals surface area contributed by atoms with E-state index in [1.807, 2.05) is 24.0 Å². The molecule has 0 saturated carbocycles. The molecule has 2 rings (SSSR count). The van der Waals surface area contributed by atoms with Gasteiger partial charge in [0.05, 0.1) is 0 Å². The van der Waals surface area contributed by atoms with Crippen molar-refractivity contribution in [3.63, 3.8) is 0 Å². The minimum atomic E-state index is 0.257. The molecule has 0 spiro atoms. The predicted molar refractivity (Wildman–Crippen MR) is 75.6 cm³/mol. The summed E-state index contributed by atoms with van der Waals surface area (Å²) in [5.74, 6) is 0.257. The monoisotopic (exact) mass is 261 g/mol. The third kappa shape index (κ3) is 4.31. The lowest BCUT2D eigenvalue weighted by molar-refractivity contribution is -0.131. The van der Waals surface area contributed by atoms with E-state index in [0.717, 1.165) is 25.1 Å². The number of hydrogen-bond acceptors (Lipinski definition) is 3. The Morgan fingerprint density at radius 1 is 1.47 bits per heavy atom. The van der Waals surface area contributed by atoms with Crippen LogP contribution < -0.4 is 5.32 Å². The van der Waals surface area contributed by atoms with Crippen LogP contribution in [0.5, 0.6) is 0 Å². The molecule has 104 valence electrons. The minimum Gasteiger partial charge on any atom is -0.339 e. The van der Waals surface area contributed by atoms with Crippen LogP contribution in [0.3, 0.4) is 0 Å². The van der Waals surface area contributed by atoms with Crippen LogP contribution in [-0.2, 0) is 11.3 Å². The van der Waals surface area contributed by atoms with E-state index in [4.69, 9.17) is 0 Å². The number of carbonyl (C=O) groups is 1. The Balaban J connectivity index is 1.81. The van der Waals surface area contributed by atoms with Crippen LogP contribution in [0.2, 0.25) is 0 Å². The number of nitrogens with zero attached hydrogens (tertiary/aromatic N) is 2. The quantitative estimate of drug-likeness (QED) is 0.851. The van der Waals surface area contributed by atoms with Gasteiger partial charge in [0, 0.05) is 37.9 Å². The summed E-state index contributed by atoms with van der Waals surface area (Å²) in [4.78, 5) is 18.1. The Kier molecular flexibility index (Phi) is 5.33. The van der Waals surface area contributed by atoms with Crippen LogP contribution in [0.15, 0.2) is 24.5 Å². The molecule has 2 heterocycles. The SMILES string of the molecule is CCN(Cc1ccncc1)C(=O)CCC1CCCN1. The summed E-state index contributed by atoms with van der Waals surface area (Å²) in [5, 5.41) is 3.44. The van der Waals surface area contributed by atoms with E-state index in [0.29, 0.717) is 19.0 Å². The third-order valence-corrected chi connectivity index (χ3v) is 3.73. The first-order chi connectivity index (χ1) is 9.29. The zero-order chi connectivity index (χ0) is 13.5. The van der Waals surface area contributed by atoms with E-state index in [2.05, 4.69) is 10.3 Å². The van der Waals surface area contributed by atoms with E-state index in [1.165, 1.54) is 12.8 Å². The first-order valence-corrected chi connectivity index (χ1v) is 7.19. The van der Waals surface area contributed by atoms with Crippen LogP contribution in [0.1, 0.15) is 38.2 Å². The molecule has 4 nitrogen and oxygen atoms in total. The van der Waals surface area contributed by atoms with Crippen molar-refractivity contribution in [3.05, 3.63) is 30.1 Å². The summed E-state index contributed by atoms with van der Waals surface area (Å²) >= 11 is 0. The number of hydrogen-bond donors (Lipinski definition) is 1. The molecule has 19 heavy (non-hydrogen) atoms. The molecule has 1 atom stereocenters. The summed E-state index contributed by atoms with van der Waals surface area (Å²) in [6.45, 7) is 4.59. The second-order valence-electron chi connectivity index (χ2n) is 5.10. The predicted octanol–water partition coefficient (Wildman–Crippen LogP) is 1.96. The smallest absolute Gasteiger partial charge is 0.222 e. The van der Waals surface area contributed by atoms with Gasteiger partial charge in [0.1, 0.15) is 0 Å². The third-order valence-electron chi connectivity index (χ3n) is 3.73. The number of rotatable bonds is 6. The van der Waals surface area contributed by atoms with Gasteiger partial charge < -0.3 is 10.2 Å². The molecule has 1 amide bonds. The first kappa shape index (κ1) is 14.0. The van der Waals surface area contributed by atoms with Gasteiger partial charge in [-0.15, -0.1) is 0 Å². The van der Waals surface area contributed by atoms with Gasteiger partial charge in [-0.25, -0.2) is 0 Å². The normalized spacial score (nSPS) is 18.5. The molecule has 0 aliphatic carbocycles. The lowest BCUT2D eigenvalue weighted by atomic mass is 10.1. The molecule has 0 aromatic carbocycles. The van der Waals surface area contributed by atoms with Gasteiger partial charge in [0.25, 0.3) is 0 Å². The highest BCUT2D eigenvalue weighted by Gasteiger charge is 2.17. The van der Waals surface area contributed by atoms with E-state index >= 15 is 0 Å². The van der Waals surface area contributed by atoms with Crippen molar-refractivity contribution < 1.29 is 4.79 Å². The maximum Gasteiger partial charge on any atom is 0.222 e. The summed E-state index contributed by atoms with van der Waals surface area (Å²) in [6.07, 6.45) is 7.62. The Bertz CT molecular complexity index is 388. The lowest BCUT2D eigenvalue weighted by Crippen LogP contribution is -2.32. The molecule has 1 aliphatic heterocycles. The van der Waals surface area contributed by atoms with E-state index in [-0.39, 0.29) is 5.91 Å². The fourth-order valence-electron chi connectivity index (χ4n) is 2.54. The van der Waals surface area contributed by atoms with Crippen molar-refractivity contribution in [2.45, 2.75) is 45.2 Å². The summed E-state index contributed by atoms with van der Waals surface area (Å²) < 4.78 is 0. The van der Waals surface area contributed by atoms with Gasteiger partial charge >= 0.3 is 0 Å². The number of carbonyl (C=O) groups excluding carboxylic acids is 1. The van der Waals surface area contributed by atoms with E-state index in [9.17, 15) is 4.79 Å². The Morgan fingerprint density at radius 3 is 2.89 bits per heavy atom. The van der Waals surface area contributed by atoms with E-state index < -0.39 is 0 Å². The van der Waals surface area contributed by atoms with Crippen molar-refractivity contribution in [3.8, 4) is 0 Å². The molecular formula is C15H23N3O. The second kappa shape index (κ2) is 7.24. The fraction of sp³-hybridized carbons (Fsp3) is 0.600. The highest BCUT2D eigenvalue weighted by molar-refractivity contribution is 5.76. The van der Waals surface area contributed by atoms with Gasteiger partial charge in [-0.1, -0.05) is 0 Å². The average Bonchev–Trinajstić information content (AvgIpc) is 2.96. The van der Waals surface area contributed by atoms with Gasteiger partial charge in [-0.3, -0.25) is 9.78 Å². The van der Waals surface area contributed by atoms with Crippen LogP contribution >= 0.6 is 0 Å². The molecular weight excluding hydrogens is 238 g/mol. The molecule has 1 unspecified atom stereocenters. The summed E-state index contributed by atoms with van der Waals surface area (Å²) in [7, 11) is 0. The molecule has 1 fully saturated rings. The minimum absolute atomic E-state index is 0.257. The summed E-state index contributed by atoms with van der Waals surface area (Å²) in [5.41, 5.74) is 1.14. The maximum absolute atomic E-state index is 12.2. The number of aromatic nitrogens is 1. The largest absolute Gasteiger partial charge is 0.339 e. The molecule has 1 N–H and O–H groups in total. The van der Waals surface area contributed by atoms with Gasteiger partial charge in [0.2, 0.25) is 5.91 Å². The Labute approximate surface area is 115 Å². The number of pyridine rings is 1. The highest BCUT2D eigenvalue weighted by atomic mass is 16.2. The lowest BCUT2D eigenvalue weighted by Gasteiger charge is -2.21. The van der Waals surface area contributed by atoms with Crippen molar-refractivity contribution in [1.29, 1.82) is 0 Å². The molecule has 1 aromatic rings. The first-order valence-electron chi connectivity index (χ1n) is 7.19. The maximum atomic E-state index is 12.2. The number of amides is 1. The molecule has 1 aromatic heterocycles. The van der Waals surface area contributed by atoms with Crippen molar-refractivity contribution in [2.24, 2.45) is 0 Å². The van der Waals surface area contributed by atoms with Gasteiger partial charge in [-0.05, 0) is 50.4 Å². The standard InChI is InChI=1S/C15H23N3O/c1-2-18(12-13-7-10-16-11-8-13)15(19)6-5-14-4-3-9-17-14/h7-8,10-11,14,17H,2-6,9,12H2,1H3. The average molecular weight is 261 g/mol. The fourth-order valence-corrected chi connectivity index (χ4v) is 2.54. The molecule has 0 radical (unpaired) electrons. The molecule has 0 bridgehead atoms. The zero-order valence-electron chi connectivity index (χ0n) is 11.6. The van der Waals surface area contributed by atoms with Crippen LogP contribution in [0.4, 0.5) is 0 Å². The van der Waals surface area contributed by atoms with Gasteiger partial charge in [-0.2, -0.15) is 0 Å². The van der Waals surface area contributed by atoms with Crippen molar-refractivity contribution in [2.75, 3.05) is 13.1 Å². The van der Waals surface area contributed by atoms with Gasteiger partial charge in [0.15, 0.2) is 0 Å². The van der Waals surface area contributed by atoms with Crippen LogP contribution in [-0.4, -0.2) is 34.9 Å². The number of nitrogens with one attached hydrogen (secondary N) is 1. The zero-order valence-corrected chi connectivity index (χ0v) is 11.6. The molecule has 1 saturated heterocycles. The molecule has 4 heteroatoms. The van der Waals surface area contributed by atoms with Crippen molar-refractivity contribution >= 4 is 5.91 Å². The topological polar surface area (TPSA) is 45.2 Å². The Hall–Kier alpha value is -1.42.